The van der Waals surface area contributed by atoms with Crippen molar-refractivity contribution in [3.8, 4) is 11.4 Å². The van der Waals surface area contributed by atoms with E-state index < -0.39 is 0 Å². The molecule has 0 atom stereocenters. The molecule has 2 aromatic carbocycles. The molecule has 7 nitrogen and oxygen atoms in total. The zero-order chi connectivity index (χ0) is 22.2. The van der Waals surface area contributed by atoms with Crippen LogP contribution in [0.4, 0.5) is 15.8 Å². The molecule has 2 heterocycles. The summed E-state index contributed by atoms with van der Waals surface area (Å²) in [4.78, 5) is 27.1. The summed E-state index contributed by atoms with van der Waals surface area (Å²) in [7, 11) is 1.55. The number of benzene rings is 2. The number of carbonyl (C=O) groups excluding carboxylic acids is 2. The molecular formula is C24H23FN4O3. The van der Waals surface area contributed by atoms with Gasteiger partial charge in [0.25, 0.3) is 5.91 Å². The van der Waals surface area contributed by atoms with Crippen molar-refractivity contribution in [2.45, 2.75) is 32.1 Å². The summed E-state index contributed by atoms with van der Waals surface area (Å²) < 4.78 is 21.4. The molecule has 1 N–H and O–H groups in total. The highest BCUT2D eigenvalue weighted by atomic mass is 19.1. The van der Waals surface area contributed by atoms with E-state index in [9.17, 15) is 14.0 Å². The SMILES string of the molecule is COc1ccc(NC(=O)c2nn(-c3ccccc3F)c3c2CCC3)cc1N1CCCC1=O. The molecule has 164 valence electrons. The number of anilines is 2. The third kappa shape index (κ3) is 3.41. The standard InChI is InChI=1S/C24H23FN4O3/c1-32-21-12-11-15(14-20(21)28-13-5-10-22(28)30)26-24(31)23-16-6-4-9-18(16)29(27-23)19-8-3-2-7-17(19)25/h2-3,7-8,11-12,14H,4-6,9-10,13H2,1H3,(H,26,31). The van der Waals surface area contributed by atoms with Crippen LogP contribution in [0.25, 0.3) is 5.69 Å². The van der Waals surface area contributed by atoms with Crippen molar-refractivity contribution in [3.63, 3.8) is 0 Å². The molecule has 5 rings (SSSR count). The lowest BCUT2D eigenvalue weighted by Crippen LogP contribution is -2.24. The highest BCUT2D eigenvalue weighted by Crippen LogP contribution is 2.35. The van der Waals surface area contributed by atoms with Crippen LogP contribution in [-0.4, -0.2) is 35.2 Å². The van der Waals surface area contributed by atoms with Crippen LogP contribution >= 0.6 is 0 Å². The molecule has 2 amide bonds. The molecule has 1 fully saturated rings. The number of rotatable bonds is 5. The second kappa shape index (κ2) is 8.11. The summed E-state index contributed by atoms with van der Waals surface area (Å²) in [6.45, 7) is 0.618. The smallest absolute Gasteiger partial charge is 0.276 e. The number of carbonyl (C=O) groups is 2. The Bertz CT molecular complexity index is 1220. The maximum absolute atomic E-state index is 14.4. The van der Waals surface area contributed by atoms with Crippen LogP contribution in [0.2, 0.25) is 0 Å². The van der Waals surface area contributed by atoms with Gasteiger partial charge in [-0.25, -0.2) is 9.07 Å². The lowest BCUT2D eigenvalue weighted by atomic mass is 10.2. The van der Waals surface area contributed by atoms with Crippen molar-refractivity contribution >= 4 is 23.2 Å². The number of methoxy groups -OCH3 is 1. The lowest BCUT2D eigenvalue weighted by molar-refractivity contribution is -0.117. The average Bonchev–Trinajstić information content (AvgIpc) is 3.51. The van der Waals surface area contributed by atoms with Gasteiger partial charge in [0, 0.05) is 29.9 Å². The molecule has 8 heteroatoms. The predicted molar refractivity (Wildman–Crippen MR) is 118 cm³/mol. The van der Waals surface area contributed by atoms with E-state index in [1.54, 1.807) is 53.1 Å². The number of fused-ring (bicyclic) bond motifs is 1. The molecule has 2 aliphatic rings. The largest absolute Gasteiger partial charge is 0.495 e. The molecule has 1 aromatic heterocycles. The fourth-order valence-corrected chi connectivity index (χ4v) is 4.51. The van der Waals surface area contributed by atoms with Crippen molar-refractivity contribution in [1.82, 2.24) is 9.78 Å². The van der Waals surface area contributed by atoms with Gasteiger partial charge >= 0.3 is 0 Å². The first kappa shape index (κ1) is 20.2. The summed E-state index contributed by atoms with van der Waals surface area (Å²) >= 11 is 0. The molecule has 3 aromatic rings. The van der Waals surface area contributed by atoms with Crippen molar-refractivity contribution in [2.24, 2.45) is 0 Å². The van der Waals surface area contributed by atoms with Crippen LogP contribution in [0, 0.1) is 5.82 Å². The van der Waals surface area contributed by atoms with E-state index in [0.29, 0.717) is 41.5 Å². The van der Waals surface area contributed by atoms with E-state index in [1.165, 1.54) is 6.07 Å². The molecule has 0 unspecified atom stereocenters. The van der Waals surface area contributed by atoms with E-state index >= 15 is 0 Å². The van der Waals surface area contributed by atoms with Gasteiger partial charge in [-0.05, 0) is 56.0 Å². The van der Waals surface area contributed by atoms with Crippen LogP contribution in [-0.2, 0) is 17.6 Å². The van der Waals surface area contributed by atoms with Gasteiger partial charge in [0.05, 0.1) is 12.8 Å². The Kier molecular flexibility index (Phi) is 5.13. The zero-order valence-electron chi connectivity index (χ0n) is 17.7. The highest BCUT2D eigenvalue weighted by molar-refractivity contribution is 6.05. The Labute approximate surface area is 184 Å². The fourth-order valence-electron chi connectivity index (χ4n) is 4.51. The number of aromatic nitrogens is 2. The van der Waals surface area contributed by atoms with Crippen LogP contribution in [0.15, 0.2) is 42.5 Å². The number of nitrogens with one attached hydrogen (secondary N) is 1. The molecule has 0 spiro atoms. The quantitative estimate of drug-likeness (QED) is 0.661. The number of hydrogen-bond acceptors (Lipinski definition) is 4. The molecule has 32 heavy (non-hydrogen) atoms. The summed E-state index contributed by atoms with van der Waals surface area (Å²) in [5.74, 6) is -0.134. The van der Waals surface area contributed by atoms with Crippen molar-refractivity contribution < 1.29 is 18.7 Å². The van der Waals surface area contributed by atoms with Crippen LogP contribution in [0.5, 0.6) is 5.75 Å². The maximum Gasteiger partial charge on any atom is 0.276 e. The van der Waals surface area contributed by atoms with Crippen LogP contribution in [0.3, 0.4) is 0 Å². The van der Waals surface area contributed by atoms with Crippen LogP contribution in [0.1, 0.15) is 41.0 Å². The average molecular weight is 434 g/mol. The minimum absolute atomic E-state index is 0.0354. The monoisotopic (exact) mass is 434 g/mol. The molecule has 0 radical (unpaired) electrons. The van der Waals surface area contributed by atoms with E-state index in [4.69, 9.17) is 4.74 Å². The topological polar surface area (TPSA) is 76.5 Å². The maximum atomic E-state index is 14.4. The Morgan fingerprint density at radius 1 is 1.09 bits per heavy atom. The van der Waals surface area contributed by atoms with Gasteiger partial charge < -0.3 is 15.0 Å². The van der Waals surface area contributed by atoms with Crippen molar-refractivity contribution in [1.29, 1.82) is 0 Å². The molecule has 1 saturated heterocycles. The van der Waals surface area contributed by atoms with E-state index in [0.717, 1.165) is 36.9 Å². The Morgan fingerprint density at radius 2 is 1.94 bits per heavy atom. The first-order chi connectivity index (χ1) is 15.6. The van der Waals surface area contributed by atoms with Crippen molar-refractivity contribution in [2.75, 3.05) is 23.9 Å². The zero-order valence-corrected chi connectivity index (χ0v) is 17.7. The fraction of sp³-hybridized carbons (Fsp3) is 0.292. The Hall–Kier alpha value is -3.68. The first-order valence-electron chi connectivity index (χ1n) is 10.7. The number of amides is 2. The summed E-state index contributed by atoms with van der Waals surface area (Å²) in [5, 5.41) is 7.38. The van der Waals surface area contributed by atoms with E-state index in [-0.39, 0.29) is 17.6 Å². The first-order valence-corrected chi connectivity index (χ1v) is 10.7. The van der Waals surface area contributed by atoms with Crippen molar-refractivity contribution in [3.05, 3.63) is 65.2 Å². The highest BCUT2D eigenvalue weighted by Gasteiger charge is 2.29. The number of nitrogens with zero attached hydrogens (tertiary/aromatic N) is 3. The van der Waals surface area contributed by atoms with Gasteiger partial charge in [0.2, 0.25) is 5.91 Å². The molecule has 1 aliphatic heterocycles. The molecule has 1 aliphatic carbocycles. The second-order valence-corrected chi connectivity index (χ2v) is 7.98. The molecular weight excluding hydrogens is 411 g/mol. The molecule has 0 saturated carbocycles. The minimum Gasteiger partial charge on any atom is -0.495 e. The Morgan fingerprint density at radius 3 is 2.69 bits per heavy atom. The van der Waals surface area contributed by atoms with E-state index in [2.05, 4.69) is 10.4 Å². The lowest BCUT2D eigenvalue weighted by Gasteiger charge is -2.20. The number of hydrogen-bond donors (Lipinski definition) is 1. The van der Waals surface area contributed by atoms with Gasteiger partial charge in [0.1, 0.15) is 17.3 Å². The second-order valence-electron chi connectivity index (χ2n) is 7.98. The summed E-state index contributed by atoms with van der Waals surface area (Å²) in [6, 6.07) is 11.6. The van der Waals surface area contributed by atoms with Gasteiger partial charge in [-0.2, -0.15) is 5.10 Å². The summed E-state index contributed by atoms with van der Waals surface area (Å²) in [6.07, 6.45) is 3.65. The number of ether oxygens (including phenoxy) is 1. The number of halogens is 1. The van der Waals surface area contributed by atoms with Gasteiger partial charge in [-0.3, -0.25) is 9.59 Å². The van der Waals surface area contributed by atoms with Gasteiger partial charge in [-0.1, -0.05) is 12.1 Å². The number of para-hydroxylation sites is 1. The minimum atomic E-state index is -0.383. The normalized spacial score (nSPS) is 15.2. The third-order valence-corrected chi connectivity index (χ3v) is 6.03. The summed E-state index contributed by atoms with van der Waals surface area (Å²) in [5.41, 5.74) is 3.54. The van der Waals surface area contributed by atoms with Gasteiger partial charge in [0.15, 0.2) is 5.69 Å². The van der Waals surface area contributed by atoms with Gasteiger partial charge in [-0.15, -0.1) is 0 Å². The van der Waals surface area contributed by atoms with E-state index in [1.807, 2.05) is 0 Å². The predicted octanol–water partition coefficient (Wildman–Crippen LogP) is 3.89. The third-order valence-electron chi connectivity index (χ3n) is 6.03. The Balaban J connectivity index is 1.47. The van der Waals surface area contributed by atoms with Crippen LogP contribution < -0.4 is 15.0 Å². The molecule has 0 bridgehead atoms.